The van der Waals surface area contributed by atoms with Crippen LogP contribution in [0.3, 0.4) is 0 Å². The highest BCUT2D eigenvalue weighted by Crippen LogP contribution is 2.41. The Bertz CT molecular complexity index is 506. The molecule has 2 aliphatic rings. The highest BCUT2D eigenvalue weighted by Gasteiger charge is 2.46. The number of carbonyl (C=O) groups excluding carboxylic acids is 2. The molecule has 0 aromatic heterocycles. The fraction of sp³-hybridized carbons (Fsp3) is 0.824. The predicted octanol–water partition coefficient (Wildman–Crippen LogP) is 2.29. The summed E-state index contributed by atoms with van der Waals surface area (Å²) in [4.78, 5) is 37.7. The minimum atomic E-state index is -1.02. The van der Waals surface area contributed by atoms with E-state index in [1.807, 2.05) is 0 Å². The molecule has 0 aromatic rings. The quantitative estimate of drug-likeness (QED) is 0.822. The summed E-state index contributed by atoms with van der Waals surface area (Å²) >= 11 is 0. The summed E-state index contributed by atoms with van der Waals surface area (Å²) in [6.07, 6.45) is 5.13. The van der Waals surface area contributed by atoms with Gasteiger partial charge in [-0.05, 0) is 52.9 Å². The van der Waals surface area contributed by atoms with Crippen LogP contribution in [0.5, 0.6) is 0 Å². The number of carboxylic acid groups (broad SMARTS) is 1. The van der Waals surface area contributed by atoms with E-state index in [-0.39, 0.29) is 18.0 Å². The summed E-state index contributed by atoms with van der Waals surface area (Å²) in [5.41, 5.74) is -1.01. The van der Waals surface area contributed by atoms with Gasteiger partial charge in [-0.15, -0.1) is 0 Å². The molecular formula is C17H28N2O5. The number of nitrogens with zero attached hydrogens (tertiary/aromatic N) is 1. The van der Waals surface area contributed by atoms with Gasteiger partial charge in [-0.3, -0.25) is 9.59 Å². The summed E-state index contributed by atoms with van der Waals surface area (Å²) in [6, 6.07) is -0.723. The van der Waals surface area contributed by atoms with Crippen molar-refractivity contribution in [1.29, 1.82) is 0 Å². The maximum Gasteiger partial charge on any atom is 0.408 e. The first-order valence-electron chi connectivity index (χ1n) is 8.66. The van der Waals surface area contributed by atoms with Gasteiger partial charge in [0.2, 0.25) is 5.91 Å². The number of nitrogens with one attached hydrogen (secondary N) is 1. The Morgan fingerprint density at radius 3 is 2.38 bits per heavy atom. The number of carboxylic acids is 1. The molecule has 1 saturated heterocycles. The molecule has 0 aromatic carbocycles. The molecule has 7 nitrogen and oxygen atoms in total. The number of rotatable bonds is 3. The molecule has 2 N–H and O–H groups in total. The zero-order chi connectivity index (χ0) is 18.0. The van der Waals surface area contributed by atoms with Crippen LogP contribution < -0.4 is 5.32 Å². The minimum absolute atomic E-state index is 0.303. The molecule has 1 saturated carbocycles. The highest BCUT2D eigenvalue weighted by molar-refractivity contribution is 5.89. The third-order valence-electron chi connectivity index (χ3n) is 4.79. The van der Waals surface area contributed by atoms with Crippen molar-refractivity contribution >= 4 is 18.0 Å². The van der Waals surface area contributed by atoms with Gasteiger partial charge in [-0.1, -0.05) is 12.8 Å². The Balaban J connectivity index is 2.15. The number of amides is 2. The Morgan fingerprint density at radius 2 is 1.83 bits per heavy atom. The van der Waals surface area contributed by atoms with Crippen LogP contribution in [0.2, 0.25) is 0 Å². The highest BCUT2D eigenvalue weighted by atomic mass is 16.6. The number of hydrogen-bond donors (Lipinski definition) is 2. The van der Waals surface area contributed by atoms with Crippen LogP contribution in [0.4, 0.5) is 4.79 Å². The Hall–Kier alpha value is -1.79. The lowest BCUT2D eigenvalue weighted by Crippen LogP contribution is -2.56. The Morgan fingerprint density at radius 1 is 1.25 bits per heavy atom. The van der Waals surface area contributed by atoms with Gasteiger partial charge in [-0.2, -0.15) is 0 Å². The molecule has 1 aliphatic carbocycles. The molecule has 7 heteroatoms. The van der Waals surface area contributed by atoms with Gasteiger partial charge >= 0.3 is 12.1 Å². The summed E-state index contributed by atoms with van der Waals surface area (Å²) in [5.74, 6) is -1.32. The van der Waals surface area contributed by atoms with Gasteiger partial charge < -0.3 is 20.1 Å². The number of carbonyl (C=O) groups is 3. The van der Waals surface area contributed by atoms with Crippen molar-refractivity contribution in [2.75, 3.05) is 6.54 Å². The van der Waals surface area contributed by atoms with Gasteiger partial charge in [-0.25, -0.2) is 4.79 Å². The van der Waals surface area contributed by atoms with E-state index >= 15 is 0 Å². The molecule has 1 heterocycles. The molecule has 0 radical (unpaired) electrons. The van der Waals surface area contributed by atoms with E-state index in [0.29, 0.717) is 6.42 Å². The van der Waals surface area contributed by atoms with Crippen LogP contribution in [-0.2, 0) is 14.3 Å². The second kappa shape index (κ2) is 6.99. The molecule has 2 rings (SSSR count). The average molecular weight is 340 g/mol. The number of ether oxygens (including phenoxy) is 1. The van der Waals surface area contributed by atoms with Crippen molar-refractivity contribution in [2.24, 2.45) is 0 Å². The van der Waals surface area contributed by atoms with Crippen molar-refractivity contribution in [1.82, 2.24) is 10.2 Å². The van der Waals surface area contributed by atoms with E-state index in [1.54, 1.807) is 20.8 Å². The molecule has 24 heavy (non-hydrogen) atoms. The third kappa shape index (κ3) is 4.39. The largest absolute Gasteiger partial charge is 0.480 e. The molecule has 2 amide bonds. The summed E-state index contributed by atoms with van der Waals surface area (Å²) in [5, 5.41) is 11.9. The SMILES string of the molecule is CC(C)(C)OC(=O)NC1CCCC2(CCCC2)N(CC(=O)O)C1=O. The number of likely N-dealkylation sites (tertiary alicyclic amines) is 1. The summed E-state index contributed by atoms with van der Waals surface area (Å²) < 4.78 is 5.23. The maximum absolute atomic E-state index is 12.9. The zero-order valence-corrected chi connectivity index (χ0v) is 14.8. The van der Waals surface area contributed by atoms with E-state index in [4.69, 9.17) is 4.74 Å². The van der Waals surface area contributed by atoms with E-state index in [9.17, 15) is 19.5 Å². The first-order chi connectivity index (χ1) is 11.1. The zero-order valence-electron chi connectivity index (χ0n) is 14.8. The fourth-order valence-corrected chi connectivity index (χ4v) is 3.83. The van der Waals surface area contributed by atoms with Crippen molar-refractivity contribution < 1.29 is 24.2 Å². The van der Waals surface area contributed by atoms with Crippen molar-refractivity contribution in [3.05, 3.63) is 0 Å². The fourth-order valence-electron chi connectivity index (χ4n) is 3.83. The molecule has 0 bridgehead atoms. The van der Waals surface area contributed by atoms with Gasteiger partial charge in [0, 0.05) is 5.54 Å². The van der Waals surface area contributed by atoms with E-state index < -0.39 is 23.7 Å². The molecule has 136 valence electrons. The molecule has 1 spiro atoms. The Kier molecular flexibility index (Phi) is 5.40. The van der Waals surface area contributed by atoms with Crippen molar-refractivity contribution in [2.45, 2.75) is 82.9 Å². The van der Waals surface area contributed by atoms with Gasteiger partial charge in [0.05, 0.1) is 0 Å². The second-order valence-corrected chi connectivity index (χ2v) is 7.84. The minimum Gasteiger partial charge on any atom is -0.480 e. The number of aliphatic carboxylic acids is 1. The lowest BCUT2D eigenvalue weighted by Gasteiger charge is -2.40. The maximum atomic E-state index is 12.9. The van der Waals surface area contributed by atoms with Crippen LogP contribution >= 0.6 is 0 Å². The van der Waals surface area contributed by atoms with Crippen molar-refractivity contribution in [3.63, 3.8) is 0 Å². The standard InChI is InChI=1S/C17H28N2O5/c1-16(2,3)24-15(23)18-12-7-6-10-17(8-4-5-9-17)19(14(12)22)11-13(20)21/h12H,4-11H2,1-3H3,(H,18,23)(H,20,21). The van der Waals surface area contributed by atoms with Gasteiger partial charge in [0.15, 0.2) is 0 Å². The van der Waals surface area contributed by atoms with Crippen molar-refractivity contribution in [3.8, 4) is 0 Å². The normalized spacial score (nSPS) is 23.9. The van der Waals surface area contributed by atoms with Gasteiger partial charge in [0.25, 0.3) is 0 Å². The van der Waals surface area contributed by atoms with Crippen LogP contribution in [0.1, 0.15) is 65.7 Å². The monoisotopic (exact) mass is 340 g/mol. The smallest absolute Gasteiger partial charge is 0.408 e. The lowest BCUT2D eigenvalue weighted by molar-refractivity contribution is -0.150. The van der Waals surface area contributed by atoms with Crippen LogP contribution in [0.15, 0.2) is 0 Å². The van der Waals surface area contributed by atoms with Crippen LogP contribution in [0.25, 0.3) is 0 Å². The molecule has 1 unspecified atom stereocenters. The third-order valence-corrected chi connectivity index (χ3v) is 4.79. The number of hydrogen-bond acceptors (Lipinski definition) is 4. The first kappa shape index (κ1) is 18.5. The Labute approximate surface area is 142 Å². The molecule has 1 aliphatic heterocycles. The molecule has 2 fully saturated rings. The van der Waals surface area contributed by atoms with E-state index in [1.165, 1.54) is 4.90 Å². The van der Waals surface area contributed by atoms with E-state index in [0.717, 1.165) is 38.5 Å². The van der Waals surface area contributed by atoms with Crippen LogP contribution in [0, 0.1) is 0 Å². The first-order valence-corrected chi connectivity index (χ1v) is 8.66. The lowest BCUT2D eigenvalue weighted by atomic mass is 9.90. The van der Waals surface area contributed by atoms with Gasteiger partial charge in [0.1, 0.15) is 18.2 Å². The molecular weight excluding hydrogens is 312 g/mol. The van der Waals surface area contributed by atoms with Crippen LogP contribution in [-0.4, -0.2) is 51.7 Å². The summed E-state index contributed by atoms with van der Waals surface area (Å²) in [7, 11) is 0. The number of alkyl carbamates (subject to hydrolysis) is 1. The predicted molar refractivity (Wildman–Crippen MR) is 87.6 cm³/mol. The molecule has 1 atom stereocenters. The topological polar surface area (TPSA) is 95.9 Å². The second-order valence-electron chi connectivity index (χ2n) is 7.84. The summed E-state index contributed by atoms with van der Waals surface area (Å²) in [6.45, 7) is 4.95. The van der Waals surface area contributed by atoms with E-state index in [2.05, 4.69) is 5.32 Å². The average Bonchev–Trinajstić information content (AvgIpc) is 2.86.